The maximum absolute atomic E-state index is 13.0. The summed E-state index contributed by atoms with van der Waals surface area (Å²) < 4.78 is 32.8. The second kappa shape index (κ2) is 7.47. The monoisotopic (exact) mass is 394 g/mol. The molecule has 1 aliphatic heterocycles. The number of hydrogen-bond acceptors (Lipinski definition) is 4. The lowest BCUT2D eigenvalue weighted by molar-refractivity contribution is 0.374. The third kappa shape index (κ3) is 3.68. The van der Waals surface area contributed by atoms with Crippen molar-refractivity contribution in [3.8, 4) is 5.75 Å². The van der Waals surface area contributed by atoms with Gasteiger partial charge in [0.15, 0.2) is 0 Å². The molecule has 3 rings (SSSR count). The molecule has 7 heteroatoms. The highest BCUT2D eigenvalue weighted by atomic mass is 35.5. The van der Waals surface area contributed by atoms with Crippen LogP contribution in [0.4, 0.5) is 5.69 Å². The zero-order valence-electron chi connectivity index (χ0n) is 15.2. The smallest absolute Gasteiger partial charge is 0.246 e. The third-order valence-corrected chi connectivity index (χ3v) is 6.99. The Kier molecular flexibility index (Phi) is 5.46. The van der Waals surface area contributed by atoms with Crippen LogP contribution in [0.2, 0.25) is 5.02 Å². The van der Waals surface area contributed by atoms with Crippen molar-refractivity contribution in [1.82, 2.24) is 4.31 Å². The summed E-state index contributed by atoms with van der Waals surface area (Å²) in [5.74, 6) is 0.311. The Labute approximate surface area is 160 Å². The van der Waals surface area contributed by atoms with E-state index in [0.717, 1.165) is 5.69 Å². The van der Waals surface area contributed by atoms with E-state index in [1.165, 1.54) is 28.6 Å². The summed E-state index contributed by atoms with van der Waals surface area (Å²) in [6, 6.07) is 11.0. The van der Waals surface area contributed by atoms with E-state index in [-0.39, 0.29) is 4.90 Å². The van der Waals surface area contributed by atoms with Crippen LogP contribution in [0.15, 0.2) is 41.3 Å². The maximum atomic E-state index is 13.0. The highest BCUT2D eigenvalue weighted by molar-refractivity contribution is 7.89. The van der Waals surface area contributed by atoms with Gasteiger partial charge in [-0.1, -0.05) is 17.7 Å². The summed E-state index contributed by atoms with van der Waals surface area (Å²) in [6.45, 7) is 6.30. The van der Waals surface area contributed by atoms with Crippen LogP contribution in [0.3, 0.4) is 0 Å². The van der Waals surface area contributed by atoms with E-state index in [2.05, 4.69) is 36.9 Å². The fourth-order valence-corrected chi connectivity index (χ4v) is 4.94. The summed E-state index contributed by atoms with van der Waals surface area (Å²) in [5, 5.41) is 0.373. The fraction of sp³-hybridized carbons (Fsp3) is 0.368. The zero-order valence-corrected chi connectivity index (χ0v) is 16.8. The fourth-order valence-electron chi connectivity index (χ4n) is 3.10. The summed E-state index contributed by atoms with van der Waals surface area (Å²) in [7, 11) is -2.19. The van der Waals surface area contributed by atoms with Gasteiger partial charge in [-0.3, -0.25) is 0 Å². The highest BCUT2D eigenvalue weighted by Gasteiger charge is 2.31. The van der Waals surface area contributed by atoms with Crippen LogP contribution in [-0.4, -0.2) is 46.0 Å². The molecule has 0 N–H and O–H groups in total. The Morgan fingerprint density at radius 3 is 2.27 bits per heavy atom. The van der Waals surface area contributed by atoms with Crippen molar-refractivity contribution in [2.75, 3.05) is 38.2 Å². The largest absolute Gasteiger partial charge is 0.495 e. The average Bonchev–Trinajstić information content (AvgIpc) is 2.64. The molecule has 1 saturated heterocycles. The van der Waals surface area contributed by atoms with Crippen LogP contribution >= 0.6 is 11.6 Å². The lowest BCUT2D eigenvalue weighted by atomic mass is 10.1. The van der Waals surface area contributed by atoms with E-state index in [1.54, 1.807) is 12.1 Å². The molecular weight excluding hydrogens is 372 g/mol. The first-order valence-electron chi connectivity index (χ1n) is 8.49. The van der Waals surface area contributed by atoms with Gasteiger partial charge in [-0.15, -0.1) is 0 Å². The minimum atomic E-state index is -3.65. The Balaban J connectivity index is 1.79. The van der Waals surface area contributed by atoms with Gasteiger partial charge in [0.25, 0.3) is 0 Å². The van der Waals surface area contributed by atoms with Crippen molar-refractivity contribution in [3.63, 3.8) is 0 Å². The van der Waals surface area contributed by atoms with Gasteiger partial charge in [-0.2, -0.15) is 4.31 Å². The molecule has 5 nitrogen and oxygen atoms in total. The number of sulfonamides is 1. The van der Waals surface area contributed by atoms with Crippen molar-refractivity contribution in [2.45, 2.75) is 18.7 Å². The zero-order chi connectivity index (χ0) is 18.9. The first-order chi connectivity index (χ1) is 12.3. The number of benzene rings is 2. The molecule has 0 bridgehead atoms. The van der Waals surface area contributed by atoms with Gasteiger partial charge in [0, 0.05) is 36.9 Å². The molecule has 1 heterocycles. The van der Waals surface area contributed by atoms with Crippen molar-refractivity contribution in [2.24, 2.45) is 0 Å². The number of nitrogens with zero attached hydrogens (tertiary/aromatic N) is 2. The first kappa shape index (κ1) is 19.0. The SMILES string of the molecule is COc1ccc(Cl)cc1S(=O)(=O)N1CCN(c2ccc(C)c(C)c2)CC1. The van der Waals surface area contributed by atoms with Crippen LogP contribution < -0.4 is 9.64 Å². The predicted octanol–water partition coefficient (Wildman–Crippen LogP) is 3.48. The minimum Gasteiger partial charge on any atom is -0.495 e. The summed E-state index contributed by atoms with van der Waals surface area (Å²) in [6.07, 6.45) is 0. The van der Waals surface area contributed by atoms with Crippen LogP contribution in [-0.2, 0) is 10.0 Å². The van der Waals surface area contributed by atoms with Gasteiger partial charge in [-0.25, -0.2) is 8.42 Å². The van der Waals surface area contributed by atoms with Crippen LogP contribution in [0.1, 0.15) is 11.1 Å². The number of aryl methyl sites for hydroxylation is 2. The Bertz CT molecular complexity index is 907. The average molecular weight is 395 g/mol. The van der Waals surface area contributed by atoms with Crippen molar-refractivity contribution in [1.29, 1.82) is 0 Å². The second-order valence-electron chi connectivity index (χ2n) is 6.45. The number of rotatable bonds is 4. The molecular formula is C19H23ClN2O3S. The molecule has 2 aromatic carbocycles. The second-order valence-corrected chi connectivity index (χ2v) is 8.80. The van der Waals surface area contributed by atoms with Crippen LogP contribution in [0.25, 0.3) is 0 Å². The summed E-state index contributed by atoms with van der Waals surface area (Å²) in [5.41, 5.74) is 3.62. The normalized spacial score (nSPS) is 15.9. The Hall–Kier alpha value is -1.76. The van der Waals surface area contributed by atoms with E-state index < -0.39 is 10.0 Å². The van der Waals surface area contributed by atoms with E-state index in [1.807, 2.05) is 0 Å². The molecule has 1 aliphatic rings. The molecule has 0 amide bonds. The van der Waals surface area contributed by atoms with E-state index >= 15 is 0 Å². The quantitative estimate of drug-likeness (QED) is 0.796. The molecule has 0 unspecified atom stereocenters. The standard InChI is InChI=1S/C19H23ClN2O3S/c1-14-4-6-17(12-15(14)2)21-8-10-22(11-9-21)26(23,24)19-13-16(20)5-7-18(19)25-3/h4-7,12-13H,8-11H2,1-3H3. The molecule has 0 saturated carbocycles. The van der Waals surface area contributed by atoms with E-state index in [9.17, 15) is 8.42 Å². The summed E-state index contributed by atoms with van der Waals surface area (Å²) >= 11 is 6.00. The van der Waals surface area contributed by atoms with Crippen LogP contribution in [0.5, 0.6) is 5.75 Å². The minimum absolute atomic E-state index is 0.118. The lowest BCUT2D eigenvalue weighted by Crippen LogP contribution is -2.48. The lowest BCUT2D eigenvalue weighted by Gasteiger charge is -2.35. The van der Waals surface area contributed by atoms with Crippen molar-refractivity contribution < 1.29 is 13.2 Å². The molecule has 0 spiro atoms. The Morgan fingerprint density at radius 1 is 0.962 bits per heavy atom. The highest BCUT2D eigenvalue weighted by Crippen LogP contribution is 2.30. The number of piperazine rings is 1. The molecule has 1 fully saturated rings. The predicted molar refractivity (Wildman–Crippen MR) is 105 cm³/mol. The maximum Gasteiger partial charge on any atom is 0.246 e. The van der Waals surface area contributed by atoms with Gasteiger partial charge in [-0.05, 0) is 55.3 Å². The van der Waals surface area contributed by atoms with Gasteiger partial charge in [0.2, 0.25) is 10.0 Å². The third-order valence-electron chi connectivity index (χ3n) is 4.84. The van der Waals surface area contributed by atoms with Gasteiger partial charge < -0.3 is 9.64 Å². The molecule has 140 valence electrons. The van der Waals surface area contributed by atoms with E-state index in [4.69, 9.17) is 16.3 Å². The van der Waals surface area contributed by atoms with Crippen LogP contribution in [0, 0.1) is 13.8 Å². The van der Waals surface area contributed by atoms with Gasteiger partial charge in [0.05, 0.1) is 7.11 Å². The Morgan fingerprint density at radius 2 is 1.65 bits per heavy atom. The molecule has 0 radical (unpaired) electrons. The van der Waals surface area contributed by atoms with Crippen molar-refractivity contribution in [3.05, 3.63) is 52.5 Å². The number of ether oxygens (including phenoxy) is 1. The molecule has 26 heavy (non-hydrogen) atoms. The topological polar surface area (TPSA) is 49.9 Å². The number of methoxy groups -OCH3 is 1. The molecule has 0 atom stereocenters. The van der Waals surface area contributed by atoms with Gasteiger partial charge in [0.1, 0.15) is 10.6 Å². The molecule has 0 aliphatic carbocycles. The first-order valence-corrected chi connectivity index (χ1v) is 10.3. The number of hydrogen-bond donors (Lipinski definition) is 0. The molecule has 2 aromatic rings. The van der Waals surface area contributed by atoms with Crippen molar-refractivity contribution >= 4 is 27.3 Å². The number of anilines is 1. The number of halogens is 1. The van der Waals surface area contributed by atoms with E-state index in [0.29, 0.717) is 37.0 Å². The molecule has 0 aromatic heterocycles. The van der Waals surface area contributed by atoms with Gasteiger partial charge >= 0.3 is 0 Å². The summed E-state index contributed by atoms with van der Waals surface area (Å²) in [4.78, 5) is 2.33.